The van der Waals surface area contributed by atoms with Crippen molar-refractivity contribution < 1.29 is 19.0 Å². The molecule has 6 nitrogen and oxygen atoms in total. The van der Waals surface area contributed by atoms with Crippen molar-refractivity contribution in [3.05, 3.63) is 42.0 Å². The van der Waals surface area contributed by atoms with Crippen LogP contribution in [0.5, 0.6) is 23.0 Å². The second-order valence-electron chi connectivity index (χ2n) is 4.31. The minimum atomic E-state index is -0.566. The largest absolute Gasteiger partial charge is 0.497 e. The van der Waals surface area contributed by atoms with Crippen molar-refractivity contribution in [1.29, 1.82) is 0 Å². The van der Waals surface area contributed by atoms with E-state index in [0.29, 0.717) is 34.2 Å². The molecule has 0 saturated carbocycles. The number of nitrogen functional groups attached to an aromatic ring is 1. The average molecular weight is 288 g/mol. The van der Waals surface area contributed by atoms with Crippen LogP contribution in [0.3, 0.4) is 0 Å². The number of amides is 1. The van der Waals surface area contributed by atoms with Gasteiger partial charge in [0.05, 0.1) is 14.2 Å². The van der Waals surface area contributed by atoms with E-state index in [2.05, 4.69) is 0 Å². The van der Waals surface area contributed by atoms with Crippen molar-refractivity contribution >= 4 is 11.6 Å². The zero-order valence-corrected chi connectivity index (χ0v) is 11.8. The topological polar surface area (TPSA) is 96.8 Å². The normalized spacial score (nSPS) is 10.0. The molecule has 0 aliphatic rings. The number of nitrogens with two attached hydrogens (primary N) is 2. The summed E-state index contributed by atoms with van der Waals surface area (Å²) in [6.07, 6.45) is 0. The summed E-state index contributed by atoms with van der Waals surface area (Å²) in [5, 5.41) is 0. The number of methoxy groups -OCH3 is 2. The van der Waals surface area contributed by atoms with E-state index in [1.54, 1.807) is 24.3 Å². The lowest BCUT2D eigenvalue weighted by molar-refractivity contribution is 0.0999. The number of hydrogen-bond donors (Lipinski definition) is 2. The van der Waals surface area contributed by atoms with Gasteiger partial charge in [-0.05, 0) is 12.1 Å². The SMILES string of the molecule is COc1cc(N)cc(Oc2cc(OC)cc(C(N)=O)c2)c1. The van der Waals surface area contributed by atoms with Crippen molar-refractivity contribution in [2.45, 2.75) is 0 Å². The summed E-state index contributed by atoms with van der Waals surface area (Å²) in [5.41, 5.74) is 11.8. The summed E-state index contributed by atoms with van der Waals surface area (Å²) in [6.45, 7) is 0. The van der Waals surface area contributed by atoms with E-state index in [-0.39, 0.29) is 0 Å². The predicted molar refractivity (Wildman–Crippen MR) is 79.0 cm³/mol. The monoisotopic (exact) mass is 288 g/mol. The number of ether oxygens (including phenoxy) is 3. The van der Waals surface area contributed by atoms with Crippen molar-refractivity contribution in [1.82, 2.24) is 0 Å². The lowest BCUT2D eigenvalue weighted by Crippen LogP contribution is -2.11. The Morgan fingerprint density at radius 3 is 1.90 bits per heavy atom. The maximum absolute atomic E-state index is 11.3. The van der Waals surface area contributed by atoms with Crippen LogP contribution in [-0.4, -0.2) is 20.1 Å². The van der Waals surface area contributed by atoms with E-state index in [1.165, 1.54) is 26.4 Å². The van der Waals surface area contributed by atoms with Gasteiger partial charge in [0.25, 0.3) is 0 Å². The zero-order chi connectivity index (χ0) is 15.4. The molecule has 6 heteroatoms. The lowest BCUT2D eigenvalue weighted by atomic mass is 10.2. The highest BCUT2D eigenvalue weighted by Crippen LogP contribution is 2.31. The van der Waals surface area contributed by atoms with Gasteiger partial charge in [0.1, 0.15) is 23.0 Å². The number of carbonyl (C=O) groups is 1. The predicted octanol–water partition coefficient (Wildman–Crippen LogP) is 2.18. The summed E-state index contributed by atoms with van der Waals surface area (Å²) < 4.78 is 15.9. The van der Waals surface area contributed by atoms with Crippen molar-refractivity contribution in [2.75, 3.05) is 20.0 Å². The van der Waals surface area contributed by atoms with Gasteiger partial charge in [-0.3, -0.25) is 4.79 Å². The number of carbonyl (C=O) groups excluding carboxylic acids is 1. The average Bonchev–Trinajstić information content (AvgIpc) is 2.46. The summed E-state index contributed by atoms with van der Waals surface area (Å²) >= 11 is 0. The van der Waals surface area contributed by atoms with Crippen molar-refractivity contribution in [3.8, 4) is 23.0 Å². The molecule has 0 radical (unpaired) electrons. The Kier molecular flexibility index (Phi) is 4.18. The summed E-state index contributed by atoms with van der Waals surface area (Å²) in [6, 6.07) is 9.71. The van der Waals surface area contributed by atoms with Crippen LogP contribution in [0.4, 0.5) is 5.69 Å². The van der Waals surface area contributed by atoms with E-state index in [9.17, 15) is 4.79 Å². The highest BCUT2D eigenvalue weighted by molar-refractivity contribution is 5.93. The molecule has 0 fully saturated rings. The van der Waals surface area contributed by atoms with E-state index >= 15 is 0 Å². The number of hydrogen-bond acceptors (Lipinski definition) is 5. The van der Waals surface area contributed by atoms with E-state index in [4.69, 9.17) is 25.7 Å². The Hall–Kier alpha value is -2.89. The molecule has 0 heterocycles. The molecule has 2 aromatic carbocycles. The molecule has 0 aliphatic heterocycles. The van der Waals surface area contributed by atoms with Gasteiger partial charge in [-0.1, -0.05) is 0 Å². The molecule has 110 valence electrons. The number of primary amides is 1. The van der Waals surface area contributed by atoms with Gasteiger partial charge >= 0.3 is 0 Å². The molecule has 4 N–H and O–H groups in total. The Morgan fingerprint density at radius 2 is 1.33 bits per heavy atom. The van der Waals surface area contributed by atoms with E-state index in [1.807, 2.05) is 0 Å². The molecule has 0 aliphatic carbocycles. The quantitative estimate of drug-likeness (QED) is 0.822. The molecule has 0 saturated heterocycles. The molecule has 0 spiro atoms. The maximum atomic E-state index is 11.3. The fourth-order valence-electron chi connectivity index (χ4n) is 1.80. The van der Waals surface area contributed by atoms with Crippen molar-refractivity contribution in [2.24, 2.45) is 5.73 Å². The first-order valence-corrected chi connectivity index (χ1v) is 6.13. The maximum Gasteiger partial charge on any atom is 0.248 e. The molecule has 0 bridgehead atoms. The molecule has 2 aromatic rings. The van der Waals surface area contributed by atoms with E-state index in [0.717, 1.165) is 0 Å². The van der Waals surface area contributed by atoms with Gasteiger partial charge in [0, 0.05) is 35.5 Å². The molecule has 0 unspecified atom stereocenters. The molecule has 0 aromatic heterocycles. The molecular formula is C15H16N2O4. The Labute approximate surface area is 122 Å². The van der Waals surface area contributed by atoms with Crippen LogP contribution < -0.4 is 25.7 Å². The minimum absolute atomic E-state index is 0.292. The van der Waals surface area contributed by atoms with Gasteiger partial charge in [0.15, 0.2) is 0 Å². The Morgan fingerprint density at radius 1 is 0.857 bits per heavy atom. The molecule has 2 rings (SSSR count). The van der Waals surface area contributed by atoms with Gasteiger partial charge in [0.2, 0.25) is 5.91 Å². The van der Waals surface area contributed by atoms with Gasteiger partial charge in [-0.25, -0.2) is 0 Å². The van der Waals surface area contributed by atoms with Gasteiger partial charge in [-0.2, -0.15) is 0 Å². The smallest absolute Gasteiger partial charge is 0.248 e. The van der Waals surface area contributed by atoms with Crippen LogP contribution in [0.25, 0.3) is 0 Å². The highest BCUT2D eigenvalue weighted by Gasteiger charge is 2.09. The third kappa shape index (κ3) is 3.56. The molecule has 21 heavy (non-hydrogen) atoms. The molecule has 0 atom stereocenters. The van der Waals surface area contributed by atoms with E-state index < -0.39 is 5.91 Å². The first-order chi connectivity index (χ1) is 10.0. The summed E-state index contributed by atoms with van der Waals surface area (Å²) in [7, 11) is 3.03. The second-order valence-corrected chi connectivity index (χ2v) is 4.31. The first-order valence-electron chi connectivity index (χ1n) is 6.13. The molecule has 1 amide bonds. The summed E-state index contributed by atoms with van der Waals surface area (Å²) in [5.74, 6) is 1.37. The second kappa shape index (κ2) is 6.04. The van der Waals surface area contributed by atoms with Crippen molar-refractivity contribution in [3.63, 3.8) is 0 Å². The number of anilines is 1. The zero-order valence-electron chi connectivity index (χ0n) is 11.8. The molecular weight excluding hydrogens is 272 g/mol. The Bertz CT molecular complexity index is 671. The van der Waals surface area contributed by atoms with Crippen LogP contribution in [-0.2, 0) is 0 Å². The van der Waals surface area contributed by atoms with Crippen LogP contribution in [0.15, 0.2) is 36.4 Å². The van der Waals surface area contributed by atoms with Crippen LogP contribution in [0.2, 0.25) is 0 Å². The summed E-state index contributed by atoms with van der Waals surface area (Å²) in [4.78, 5) is 11.3. The fraction of sp³-hybridized carbons (Fsp3) is 0.133. The third-order valence-electron chi connectivity index (χ3n) is 2.77. The fourth-order valence-corrected chi connectivity index (χ4v) is 1.80. The van der Waals surface area contributed by atoms with Crippen LogP contribution in [0, 0.1) is 0 Å². The first kappa shape index (κ1) is 14.5. The lowest BCUT2D eigenvalue weighted by Gasteiger charge is -2.11. The standard InChI is InChI=1S/C15H16N2O4/c1-19-11-3-9(15(17)18)4-13(7-11)21-14-6-10(16)5-12(8-14)20-2/h3-8H,16H2,1-2H3,(H2,17,18). The highest BCUT2D eigenvalue weighted by atomic mass is 16.5. The van der Waals surface area contributed by atoms with Gasteiger partial charge in [-0.15, -0.1) is 0 Å². The number of rotatable bonds is 5. The van der Waals surface area contributed by atoms with Crippen LogP contribution in [0.1, 0.15) is 10.4 Å². The Balaban J connectivity index is 2.36. The van der Waals surface area contributed by atoms with Crippen LogP contribution >= 0.6 is 0 Å². The number of benzene rings is 2. The minimum Gasteiger partial charge on any atom is -0.497 e. The van der Waals surface area contributed by atoms with Gasteiger partial charge < -0.3 is 25.7 Å². The third-order valence-corrected chi connectivity index (χ3v) is 2.77.